The van der Waals surface area contributed by atoms with Crippen LogP contribution in [0.2, 0.25) is 0 Å². The molecule has 16 heavy (non-hydrogen) atoms. The van der Waals surface area contributed by atoms with Crippen LogP contribution in [0.5, 0.6) is 0 Å². The van der Waals surface area contributed by atoms with Crippen molar-refractivity contribution >= 4 is 5.97 Å². The Morgan fingerprint density at radius 3 is 2.69 bits per heavy atom. The fourth-order valence-corrected chi connectivity index (χ4v) is 1.46. The van der Waals surface area contributed by atoms with Gasteiger partial charge in [-0.05, 0) is 13.8 Å². The van der Waals surface area contributed by atoms with Gasteiger partial charge in [0.25, 0.3) is 5.56 Å². The lowest BCUT2D eigenvalue weighted by atomic mass is 10.2. The third-order valence-corrected chi connectivity index (χ3v) is 2.13. The number of hydrogen-bond donors (Lipinski definition) is 2. The van der Waals surface area contributed by atoms with Crippen molar-refractivity contribution in [1.82, 2.24) is 9.55 Å². The van der Waals surface area contributed by atoms with Crippen molar-refractivity contribution in [3.05, 3.63) is 27.9 Å². The summed E-state index contributed by atoms with van der Waals surface area (Å²) >= 11 is 0. The fourth-order valence-electron chi connectivity index (χ4n) is 1.46. The number of aryl methyl sites for hydroxylation is 2. The summed E-state index contributed by atoms with van der Waals surface area (Å²) in [5, 5.41) is 17.9. The second kappa shape index (κ2) is 4.89. The zero-order valence-electron chi connectivity index (χ0n) is 9.17. The molecule has 0 saturated heterocycles. The molecule has 0 amide bonds. The SMILES string of the molecule is Cc1cc(=O)n(CC(O)CC(=O)O)c(C)n1. The third kappa shape index (κ3) is 3.16. The molecule has 6 nitrogen and oxygen atoms in total. The summed E-state index contributed by atoms with van der Waals surface area (Å²) in [6, 6.07) is 1.35. The van der Waals surface area contributed by atoms with Crippen molar-refractivity contribution in [3.63, 3.8) is 0 Å². The summed E-state index contributed by atoms with van der Waals surface area (Å²) in [5.41, 5.74) is 0.320. The summed E-state index contributed by atoms with van der Waals surface area (Å²) < 4.78 is 1.26. The van der Waals surface area contributed by atoms with Crippen LogP contribution in [0.1, 0.15) is 17.9 Å². The van der Waals surface area contributed by atoms with Crippen LogP contribution < -0.4 is 5.56 Å². The van der Waals surface area contributed by atoms with Crippen LogP contribution >= 0.6 is 0 Å². The number of carbonyl (C=O) groups is 1. The van der Waals surface area contributed by atoms with E-state index in [0.717, 1.165) is 0 Å². The van der Waals surface area contributed by atoms with Gasteiger partial charge in [-0.25, -0.2) is 4.98 Å². The first kappa shape index (κ1) is 12.4. The molecule has 1 unspecified atom stereocenters. The Kier molecular flexibility index (Phi) is 3.78. The van der Waals surface area contributed by atoms with Crippen LogP contribution in [0, 0.1) is 13.8 Å². The molecule has 1 atom stereocenters. The van der Waals surface area contributed by atoms with Gasteiger partial charge in [-0.15, -0.1) is 0 Å². The molecule has 1 aromatic rings. The average molecular weight is 226 g/mol. The van der Waals surface area contributed by atoms with E-state index in [1.165, 1.54) is 10.6 Å². The quantitative estimate of drug-likeness (QED) is 0.735. The van der Waals surface area contributed by atoms with E-state index >= 15 is 0 Å². The monoisotopic (exact) mass is 226 g/mol. The van der Waals surface area contributed by atoms with Crippen molar-refractivity contribution in [1.29, 1.82) is 0 Å². The van der Waals surface area contributed by atoms with Gasteiger partial charge in [0.15, 0.2) is 0 Å². The molecular weight excluding hydrogens is 212 g/mol. The maximum atomic E-state index is 11.5. The molecule has 0 spiro atoms. The van der Waals surface area contributed by atoms with Gasteiger partial charge in [0.05, 0.1) is 19.1 Å². The van der Waals surface area contributed by atoms with E-state index in [-0.39, 0.29) is 18.5 Å². The van der Waals surface area contributed by atoms with E-state index in [9.17, 15) is 14.7 Å². The average Bonchev–Trinajstić information content (AvgIpc) is 2.09. The molecule has 88 valence electrons. The first-order valence-corrected chi connectivity index (χ1v) is 4.85. The van der Waals surface area contributed by atoms with Crippen LogP contribution in [-0.4, -0.2) is 31.8 Å². The number of aliphatic hydroxyl groups excluding tert-OH is 1. The predicted molar refractivity (Wildman–Crippen MR) is 56.2 cm³/mol. The Morgan fingerprint density at radius 1 is 1.56 bits per heavy atom. The molecule has 1 rings (SSSR count). The van der Waals surface area contributed by atoms with Crippen molar-refractivity contribution < 1.29 is 15.0 Å². The molecule has 0 saturated carbocycles. The molecule has 2 N–H and O–H groups in total. The number of hydrogen-bond acceptors (Lipinski definition) is 4. The van der Waals surface area contributed by atoms with Gasteiger partial charge in [-0.1, -0.05) is 0 Å². The maximum absolute atomic E-state index is 11.5. The van der Waals surface area contributed by atoms with E-state index in [2.05, 4.69) is 4.98 Å². The molecule has 6 heteroatoms. The van der Waals surface area contributed by atoms with Crippen LogP contribution in [-0.2, 0) is 11.3 Å². The topological polar surface area (TPSA) is 92.4 Å². The summed E-state index contributed by atoms with van der Waals surface area (Å²) in [7, 11) is 0. The zero-order valence-corrected chi connectivity index (χ0v) is 9.17. The molecule has 0 fully saturated rings. The van der Waals surface area contributed by atoms with Crippen molar-refractivity contribution in [2.24, 2.45) is 0 Å². The van der Waals surface area contributed by atoms with Gasteiger partial charge < -0.3 is 10.2 Å². The van der Waals surface area contributed by atoms with Crippen LogP contribution in [0.25, 0.3) is 0 Å². The summed E-state index contributed by atoms with van der Waals surface area (Å²) in [5.74, 6) is -0.632. The highest BCUT2D eigenvalue weighted by molar-refractivity contribution is 5.67. The van der Waals surface area contributed by atoms with Gasteiger partial charge in [-0.3, -0.25) is 14.2 Å². The minimum atomic E-state index is -1.10. The highest BCUT2D eigenvalue weighted by Gasteiger charge is 2.12. The molecule has 0 bridgehead atoms. The Morgan fingerprint density at radius 2 is 2.19 bits per heavy atom. The number of aromatic nitrogens is 2. The smallest absolute Gasteiger partial charge is 0.306 e. The lowest BCUT2D eigenvalue weighted by molar-refractivity contribution is -0.139. The Hall–Kier alpha value is -1.69. The Balaban J connectivity index is 2.89. The van der Waals surface area contributed by atoms with Crippen LogP contribution in [0.3, 0.4) is 0 Å². The summed E-state index contributed by atoms with van der Waals surface area (Å²) in [4.78, 5) is 26.0. The maximum Gasteiger partial charge on any atom is 0.306 e. The van der Waals surface area contributed by atoms with E-state index < -0.39 is 12.1 Å². The molecule has 0 radical (unpaired) electrons. The van der Waals surface area contributed by atoms with E-state index in [4.69, 9.17) is 5.11 Å². The van der Waals surface area contributed by atoms with E-state index in [0.29, 0.717) is 11.5 Å². The highest BCUT2D eigenvalue weighted by atomic mass is 16.4. The van der Waals surface area contributed by atoms with Crippen molar-refractivity contribution in [2.75, 3.05) is 0 Å². The number of carboxylic acid groups (broad SMARTS) is 1. The van der Waals surface area contributed by atoms with Crippen molar-refractivity contribution in [2.45, 2.75) is 32.9 Å². The van der Waals surface area contributed by atoms with Gasteiger partial charge in [0.1, 0.15) is 5.82 Å². The Bertz CT molecular complexity index is 453. The first-order chi connectivity index (χ1) is 7.40. The third-order valence-electron chi connectivity index (χ3n) is 2.13. The van der Waals surface area contributed by atoms with Gasteiger partial charge in [0, 0.05) is 11.8 Å². The standard InChI is InChI=1S/C10H14N2O4/c1-6-3-9(14)12(7(2)11-6)5-8(13)4-10(15)16/h3,8,13H,4-5H2,1-2H3,(H,15,16). The van der Waals surface area contributed by atoms with E-state index in [1.807, 2.05) is 0 Å². The second-order valence-corrected chi connectivity index (χ2v) is 3.65. The van der Waals surface area contributed by atoms with Gasteiger partial charge in [-0.2, -0.15) is 0 Å². The first-order valence-electron chi connectivity index (χ1n) is 4.85. The number of rotatable bonds is 4. The lowest BCUT2D eigenvalue weighted by Crippen LogP contribution is -2.30. The minimum absolute atomic E-state index is 0.0513. The lowest BCUT2D eigenvalue weighted by Gasteiger charge is -2.12. The number of aliphatic hydroxyl groups is 1. The second-order valence-electron chi connectivity index (χ2n) is 3.65. The molecule has 1 heterocycles. The molecule has 0 aliphatic rings. The fraction of sp³-hybridized carbons (Fsp3) is 0.500. The molecule has 0 aromatic carbocycles. The Labute approximate surface area is 92.2 Å². The molecule has 0 aliphatic heterocycles. The molecule has 1 aromatic heterocycles. The molecule has 0 aliphatic carbocycles. The minimum Gasteiger partial charge on any atom is -0.481 e. The largest absolute Gasteiger partial charge is 0.481 e. The van der Waals surface area contributed by atoms with Crippen molar-refractivity contribution in [3.8, 4) is 0 Å². The number of nitrogens with zero attached hydrogens (tertiary/aromatic N) is 2. The summed E-state index contributed by atoms with van der Waals surface area (Å²) in [6.45, 7) is 3.29. The normalized spacial score (nSPS) is 12.4. The van der Waals surface area contributed by atoms with Gasteiger partial charge >= 0.3 is 5.97 Å². The molecular formula is C10H14N2O4. The summed E-state index contributed by atoms with van der Waals surface area (Å²) in [6.07, 6.45) is -1.47. The predicted octanol–water partition coefficient (Wildman–Crippen LogP) is -0.304. The zero-order chi connectivity index (χ0) is 12.3. The highest BCUT2D eigenvalue weighted by Crippen LogP contribution is 1.99. The van der Waals surface area contributed by atoms with E-state index in [1.54, 1.807) is 13.8 Å². The van der Waals surface area contributed by atoms with Gasteiger partial charge in [0.2, 0.25) is 0 Å². The number of carboxylic acids is 1. The van der Waals surface area contributed by atoms with Crippen LogP contribution in [0.15, 0.2) is 10.9 Å². The number of aliphatic carboxylic acids is 1. The van der Waals surface area contributed by atoms with Crippen LogP contribution in [0.4, 0.5) is 0 Å².